The summed E-state index contributed by atoms with van der Waals surface area (Å²) in [6.07, 6.45) is 4.17. The normalized spacial score (nSPS) is 17.8. The van der Waals surface area contributed by atoms with Crippen molar-refractivity contribution in [3.05, 3.63) is 27.6 Å². The highest BCUT2D eigenvalue weighted by Crippen LogP contribution is 2.28. The van der Waals surface area contributed by atoms with E-state index >= 15 is 0 Å². The average Bonchev–Trinajstić information content (AvgIpc) is 2.74. The number of rotatable bonds is 1. The second-order valence-corrected chi connectivity index (χ2v) is 5.50. The molecular formula is C11H12BrClN4. The van der Waals surface area contributed by atoms with E-state index in [9.17, 15) is 0 Å². The molecule has 6 heteroatoms. The van der Waals surface area contributed by atoms with E-state index in [1.54, 1.807) is 6.07 Å². The lowest BCUT2D eigenvalue weighted by Crippen LogP contribution is -2.27. The molecule has 0 bridgehead atoms. The summed E-state index contributed by atoms with van der Waals surface area (Å²) in [4.78, 5) is 4.41. The molecule has 0 spiro atoms. The fourth-order valence-electron chi connectivity index (χ4n) is 2.32. The molecule has 1 fully saturated rings. The van der Waals surface area contributed by atoms with E-state index in [1.165, 1.54) is 0 Å². The number of imidazole rings is 1. The minimum atomic E-state index is 0.484. The van der Waals surface area contributed by atoms with Crippen molar-refractivity contribution >= 4 is 33.2 Å². The van der Waals surface area contributed by atoms with Gasteiger partial charge in [0.15, 0.2) is 10.8 Å². The first-order chi connectivity index (χ1) is 8.25. The van der Waals surface area contributed by atoms with E-state index in [2.05, 4.69) is 31.3 Å². The van der Waals surface area contributed by atoms with Crippen molar-refractivity contribution in [3.63, 3.8) is 0 Å². The fourth-order valence-corrected chi connectivity index (χ4v) is 3.12. The van der Waals surface area contributed by atoms with Crippen LogP contribution < -0.4 is 5.32 Å². The Morgan fingerprint density at radius 1 is 1.41 bits per heavy atom. The Morgan fingerprint density at radius 2 is 2.18 bits per heavy atom. The minimum absolute atomic E-state index is 0.484. The Hall–Kier alpha value is -0.650. The van der Waals surface area contributed by atoms with Gasteiger partial charge < -0.3 is 5.32 Å². The number of aromatic nitrogens is 3. The van der Waals surface area contributed by atoms with Gasteiger partial charge in [0.25, 0.3) is 0 Å². The summed E-state index contributed by atoms with van der Waals surface area (Å²) >= 11 is 9.45. The van der Waals surface area contributed by atoms with Crippen molar-refractivity contribution < 1.29 is 0 Å². The summed E-state index contributed by atoms with van der Waals surface area (Å²) in [6, 6.07) is 1.77. The van der Waals surface area contributed by atoms with Crippen molar-refractivity contribution in [2.75, 3.05) is 13.1 Å². The van der Waals surface area contributed by atoms with Crippen LogP contribution >= 0.6 is 27.5 Å². The summed E-state index contributed by atoms with van der Waals surface area (Å²) in [5.74, 6) is 0.518. The molecule has 0 radical (unpaired) electrons. The lowest BCUT2D eigenvalue weighted by molar-refractivity contribution is 0.448. The van der Waals surface area contributed by atoms with Crippen LogP contribution in [0.2, 0.25) is 5.15 Å². The molecule has 17 heavy (non-hydrogen) atoms. The first-order valence-corrected chi connectivity index (χ1v) is 6.83. The molecule has 4 nitrogen and oxygen atoms in total. The Bertz CT molecular complexity index is 548. The van der Waals surface area contributed by atoms with Crippen LogP contribution in [0, 0.1) is 0 Å². The van der Waals surface area contributed by atoms with Gasteiger partial charge in [0, 0.05) is 5.92 Å². The Morgan fingerprint density at radius 3 is 2.94 bits per heavy atom. The molecule has 0 aliphatic carbocycles. The number of nitrogens with zero attached hydrogens (tertiary/aromatic N) is 3. The van der Waals surface area contributed by atoms with Crippen LogP contribution in [0.25, 0.3) is 5.65 Å². The molecule has 1 aliphatic rings. The summed E-state index contributed by atoms with van der Waals surface area (Å²) in [5, 5.41) is 8.19. The molecule has 1 N–H and O–H groups in total. The van der Waals surface area contributed by atoms with Gasteiger partial charge in [0.05, 0.1) is 16.4 Å². The summed E-state index contributed by atoms with van der Waals surface area (Å²) in [5.41, 5.74) is 1.99. The van der Waals surface area contributed by atoms with Crippen molar-refractivity contribution in [2.45, 2.75) is 18.8 Å². The molecule has 0 saturated carbocycles. The third-order valence-electron chi connectivity index (χ3n) is 3.18. The highest BCUT2D eigenvalue weighted by molar-refractivity contribution is 9.10. The van der Waals surface area contributed by atoms with Crippen LogP contribution in [0.5, 0.6) is 0 Å². The predicted molar refractivity (Wildman–Crippen MR) is 70.5 cm³/mol. The van der Waals surface area contributed by atoms with E-state index in [-0.39, 0.29) is 0 Å². The van der Waals surface area contributed by atoms with Crippen LogP contribution in [-0.4, -0.2) is 27.7 Å². The van der Waals surface area contributed by atoms with Crippen LogP contribution in [0.15, 0.2) is 16.7 Å². The molecule has 3 rings (SSSR count). The molecule has 2 aromatic rings. The summed E-state index contributed by atoms with van der Waals surface area (Å²) in [6.45, 7) is 2.11. The SMILES string of the molecule is Clc1cc(Br)c2ncc(C3CCNCC3)n2n1. The van der Waals surface area contributed by atoms with E-state index in [0.717, 1.165) is 41.7 Å². The zero-order valence-electron chi connectivity index (χ0n) is 9.16. The maximum absolute atomic E-state index is 5.99. The summed E-state index contributed by atoms with van der Waals surface area (Å²) < 4.78 is 2.75. The van der Waals surface area contributed by atoms with E-state index in [0.29, 0.717) is 11.1 Å². The molecule has 0 aromatic carbocycles. The second-order valence-electron chi connectivity index (χ2n) is 4.26. The Balaban J connectivity index is 2.10. The quantitative estimate of drug-likeness (QED) is 0.879. The lowest BCUT2D eigenvalue weighted by atomic mass is 9.95. The van der Waals surface area contributed by atoms with Gasteiger partial charge in [-0.25, -0.2) is 9.50 Å². The Kier molecular flexibility index (Phi) is 3.06. The molecule has 90 valence electrons. The zero-order chi connectivity index (χ0) is 11.8. The van der Waals surface area contributed by atoms with Gasteiger partial charge in [0.2, 0.25) is 0 Å². The molecule has 3 heterocycles. The van der Waals surface area contributed by atoms with Crippen LogP contribution in [-0.2, 0) is 0 Å². The van der Waals surface area contributed by atoms with E-state index in [4.69, 9.17) is 11.6 Å². The van der Waals surface area contributed by atoms with Crippen LogP contribution in [0.3, 0.4) is 0 Å². The molecule has 2 aromatic heterocycles. The highest BCUT2D eigenvalue weighted by atomic mass is 79.9. The van der Waals surface area contributed by atoms with E-state index in [1.807, 2.05) is 10.7 Å². The van der Waals surface area contributed by atoms with Gasteiger partial charge in [-0.15, -0.1) is 0 Å². The number of fused-ring (bicyclic) bond motifs is 1. The van der Waals surface area contributed by atoms with Gasteiger partial charge in [0.1, 0.15) is 0 Å². The van der Waals surface area contributed by atoms with Crippen LogP contribution in [0.1, 0.15) is 24.5 Å². The topological polar surface area (TPSA) is 42.2 Å². The van der Waals surface area contributed by atoms with Gasteiger partial charge in [-0.2, -0.15) is 5.10 Å². The van der Waals surface area contributed by atoms with Crippen molar-refractivity contribution in [1.29, 1.82) is 0 Å². The monoisotopic (exact) mass is 314 g/mol. The van der Waals surface area contributed by atoms with Crippen LogP contribution in [0.4, 0.5) is 0 Å². The minimum Gasteiger partial charge on any atom is -0.317 e. The number of piperidine rings is 1. The molecule has 0 unspecified atom stereocenters. The highest BCUT2D eigenvalue weighted by Gasteiger charge is 2.20. The van der Waals surface area contributed by atoms with Gasteiger partial charge >= 0.3 is 0 Å². The average molecular weight is 316 g/mol. The standard InChI is InChI=1S/C11H12BrClN4/c12-8-5-10(13)16-17-9(6-15-11(8)17)7-1-3-14-4-2-7/h5-7,14H,1-4H2. The van der Waals surface area contributed by atoms with Crippen molar-refractivity contribution in [3.8, 4) is 0 Å². The lowest BCUT2D eigenvalue weighted by Gasteiger charge is -2.21. The second kappa shape index (κ2) is 4.55. The molecule has 1 saturated heterocycles. The third kappa shape index (κ3) is 2.07. The Labute approximate surface area is 112 Å². The summed E-state index contributed by atoms with van der Waals surface area (Å²) in [7, 11) is 0. The first kappa shape index (κ1) is 11.4. The molecule has 0 amide bonds. The van der Waals surface area contributed by atoms with Gasteiger partial charge in [-0.05, 0) is 47.9 Å². The first-order valence-electron chi connectivity index (χ1n) is 5.66. The predicted octanol–water partition coefficient (Wildman–Crippen LogP) is 2.61. The molecular weight excluding hydrogens is 304 g/mol. The maximum atomic E-state index is 5.99. The smallest absolute Gasteiger partial charge is 0.168 e. The largest absolute Gasteiger partial charge is 0.317 e. The molecule has 0 atom stereocenters. The third-order valence-corrected chi connectivity index (χ3v) is 3.94. The number of nitrogens with one attached hydrogen (secondary N) is 1. The maximum Gasteiger partial charge on any atom is 0.168 e. The fraction of sp³-hybridized carbons (Fsp3) is 0.455. The zero-order valence-corrected chi connectivity index (χ0v) is 11.5. The van der Waals surface area contributed by atoms with Gasteiger partial charge in [-0.1, -0.05) is 11.6 Å². The number of hydrogen-bond acceptors (Lipinski definition) is 3. The molecule has 1 aliphatic heterocycles. The number of hydrogen-bond donors (Lipinski definition) is 1. The van der Waals surface area contributed by atoms with Crippen molar-refractivity contribution in [2.24, 2.45) is 0 Å². The van der Waals surface area contributed by atoms with Gasteiger partial charge in [-0.3, -0.25) is 0 Å². The van der Waals surface area contributed by atoms with E-state index < -0.39 is 0 Å². The number of halogens is 2. The van der Waals surface area contributed by atoms with Crippen molar-refractivity contribution in [1.82, 2.24) is 19.9 Å².